The van der Waals surface area contributed by atoms with Gasteiger partial charge in [-0.1, -0.05) is 44.2 Å². The first-order valence-corrected chi connectivity index (χ1v) is 13.4. The fourth-order valence-electron chi connectivity index (χ4n) is 4.77. The predicted molar refractivity (Wildman–Crippen MR) is 141 cm³/mol. The molecule has 2 aromatic carbocycles. The lowest BCUT2D eigenvalue weighted by atomic mass is 9.86. The van der Waals surface area contributed by atoms with E-state index < -0.39 is 29.7 Å². The van der Waals surface area contributed by atoms with Crippen LogP contribution in [0.15, 0.2) is 42.5 Å². The molecule has 0 spiro atoms. The molecule has 0 heterocycles. The molecule has 1 unspecified atom stereocenters. The molecule has 7 nitrogen and oxygen atoms in total. The summed E-state index contributed by atoms with van der Waals surface area (Å²) in [5.74, 6) is -1.27. The highest BCUT2D eigenvalue weighted by Gasteiger charge is 2.19. The minimum atomic E-state index is -1.01. The summed E-state index contributed by atoms with van der Waals surface area (Å²) in [6.07, 6.45) is 7.48. The number of hydrogen-bond acceptors (Lipinski definition) is 4. The van der Waals surface area contributed by atoms with Gasteiger partial charge in [-0.3, -0.25) is 0 Å². The number of hydrogen-bond donors (Lipinski definition) is 2. The Labute approximate surface area is 223 Å². The molecule has 3 rings (SSSR count). The zero-order chi connectivity index (χ0) is 27.3. The number of amides is 2. The van der Waals surface area contributed by atoms with Crippen molar-refractivity contribution in [2.24, 2.45) is 5.92 Å². The Hall–Kier alpha value is -3.20. The van der Waals surface area contributed by atoms with E-state index in [4.69, 9.17) is 9.47 Å². The van der Waals surface area contributed by atoms with Gasteiger partial charge in [-0.2, -0.15) is 0 Å². The number of carboxylic acid groups (broad SMARTS) is 1. The van der Waals surface area contributed by atoms with Gasteiger partial charge in [0.25, 0.3) is 0 Å². The number of ether oxygens (including phenoxy) is 2. The smallest absolute Gasteiger partial charge is 0.333 e. The van der Waals surface area contributed by atoms with Gasteiger partial charge in [-0.15, -0.1) is 0 Å². The second-order valence-electron chi connectivity index (χ2n) is 9.67. The Morgan fingerprint density at radius 2 is 1.82 bits per heavy atom. The third kappa shape index (κ3) is 9.59. The summed E-state index contributed by atoms with van der Waals surface area (Å²) in [7, 11) is 0. The number of carbonyl (C=O) groups is 2. The third-order valence-electron chi connectivity index (χ3n) is 6.84. The number of rotatable bonds is 14. The number of carboxylic acids is 1. The van der Waals surface area contributed by atoms with Crippen molar-refractivity contribution in [3.05, 3.63) is 59.7 Å². The fraction of sp³-hybridized carbons (Fsp3) is 0.517. The summed E-state index contributed by atoms with van der Waals surface area (Å²) in [6, 6.07) is 9.67. The Morgan fingerprint density at radius 1 is 1.08 bits per heavy atom. The Balaban J connectivity index is 1.55. The number of anilines is 1. The minimum absolute atomic E-state index is 0.0723. The molecular weight excluding hydrogens is 494 g/mol. The van der Waals surface area contributed by atoms with Crippen molar-refractivity contribution in [2.45, 2.75) is 64.4 Å². The minimum Gasteiger partial charge on any atom is -0.492 e. The Morgan fingerprint density at radius 3 is 2.47 bits per heavy atom. The van der Waals surface area contributed by atoms with Crippen molar-refractivity contribution in [1.29, 1.82) is 0 Å². The topological polar surface area (TPSA) is 88.1 Å². The molecule has 38 heavy (non-hydrogen) atoms. The molecule has 1 atom stereocenters. The van der Waals surface area contributed by atoms with Crippen LogP contribution in [0.2, 0.25) is 0 Å². The molecule has 1 saturated carbocycles. The third-order valence-corrected chi connectivity index (χ3v) is 6.84. The van der Waals surface area contributed by atoms with Crippen LogP contribution in [0.5, 0.6) is 5.75 Å². The maximum atomic E-state index is 14.1. The average molecular weight is 533 g/mol. The molecule has 2 aromatic rings. The van der Waals surface area contributed by atoms with E-state index in [-0.39, 0.29) is 25.3 Å². The highest BCUT2D eigenvalue weighted by molar-refractivity contribution is 5.89. The van der Waals surface area contributed by atoms with Crippen molar-refractivity contribution >= 4 is 17.7 Å². The first kappa shape index (κ1) is 29.4. The molecule has 1 aliphatic rings. The maximum absolute atomic E-state index is 14.1. The van der Waals surface area contributed by atoms with E-state index in [9.17, 15) is 23.5 Å². The first-order chi connectivity index (χ1) is 18.4. The van der Waals surface area contributed by atoms with E-state index in [0.717, 1.165) is 30.5 Å². The molecule has 0 radical (unpaired) electrons. The summed E-state index contributed by atoms with van der Waals surface area (Å²) < 4.78 is 38.5. The van der Waals surface area contributed by atoms with E-state index >= 15 is 0 Å². The zero-order valence-corrected chi connectivity index (χ0v) is 22.0. The van der Waals surface area contributed by atoms with Crippen molar-refractivity contribution in [3.63, 3.8) is 0 Å². The molecule has 1 aliphatic carbocycles. The summed E-state index contributed by atoms with van der Waals surface area (Å²) in [4.78, 5) is 25.9. The van der Waals surface area contributed by atoms with Gasteiger partial charge in [0.05, 0.1) is 12.2 Å². The van der Waals surface area contributed by atoms with Gasteiger partial charge in [0.2, 0.25) is 0 Å². The summed E-state index contributed by atoms with van der Waals surface area (Å²) in [6.45, 7) is 3.08. The van der Waals surface area contributed by atoms with Crippen LogP contribution in [0.4, 0.5) is 19.3 Å². The van der Waals surface area contributed by atoms with Crippen LogP contribution in [0.1, 0.15) is 57.4 Å². The van der Waals surface area contributed by atoms with E-state index in [0.29, 0.717) is 24.8 Å². The number of urea groups is 1. The van der Waals surface area contributed by atoms with Crippen LogP contribution in [0.25, 0.3) is 0 Å². The molecule has 2 amide bonds. The maximum Gasteiger partial charge on any atom is 0.333 e. The van der Waals surface area contributed by atoms with Crippen molar-refractivity contribution in [2.75, 3.05) is 31.6 Å². The SMILES string of the molecule is CCOC(Cc1ccc(OCCN(CCCC2CCCCC2)C(=O)Nc2ccc(F)cc2F)cc1)C(=O)O. The van der Waals surface area contributed by atoms with E-state index in [2.05, 4.69) is 5.32 Å². The van der Waals surface area contributed by atoms with Crippen LogP contribution >= 0.6 is 0 Å². The number of benzene rings is 2. The zero-order valence-electron chi connectivity index (χ0n) is 22.0. The molecule has 0 saturated heterocycles. The second kappa shape index (κ2) is 15.3. The largest absolute Gasteiger partial charge is 0.492 e. The van der Waals surface area contributed by atoms with E-state index in [1.54, 1.807) is 36.1 Å². The predicted octanol–water partition coefficient (Wildman–Crippen LogP) is 6.27. The van der Waals surface area contributed by atoms with Crippen LogP contribution in [0, 0.1) is 17.6 Å². The highest BCUT2D eigenvalue weighted by Crippen LogP contribution is 2.27. The molecule has 0 aromatic heterocycles. The Kier molecular flexibility index (Phi) is 11.8. The lowest BCUT2D eigenvalue weighted by molar-refractivity contribution is -0.149. The van der Waals surface area contributed by atoms with Crippen LogP contribution in [-0.2, 0) is 16.0 Å². The standard InChI is InChI=1S/C29H38F2N2O5/c1-2-37-27(28(34)35)19-22-10-13-24(14-11-22)38-18-17-33(16-6-9-21-7-4-3-5-8-21)29(36)32-26-15-12-23(30)20-25(26)31/h10-15,20-21,27H,2-9,16-19H2,1H3,(H,32,36)(H,34,35). The molecule has 9 heteroatoms. The lowest BCUT2D eigenvalue weighted by Gasteiger charge is -2.26. The summed E-state index contributed by atoms with van der Waals surface area (Å²) in [5, 5.41) is 11.8. The average Bonchev–Trinajstić information content (AvgIpc) is 2.90. The van der Waals surface area contributed by atoms with Gasteiger partial charge >= 0.3 is 12.0 Å². The quantitative estimate of drug-likeness (QED) is 0.299. The number of carbonyl (C=O) groups excluding carboxylic acids is 1. The van der Waals surface area contributed by atoms with Crippen molar-refractivity contribution < 1.29 is 33.0 Å². The molecule has 208 valence electrons. The second-order valence-corrected chi connectivity index (χ2v) is 9.67. The van der Waals surface area contributed by atoms with Crippen molar-refractivity contribution in [3.8, 4) is 5.75 Å². The number of aliphatic carboxylic acids is 1. The lowest BCUT2D eigenvalue weighted by Crippen LogP contribution is -2.39. The molecule has 0 bridgehead atoms. The van der Waals surface area contributed by atoms with Crippen LogP contribution < -0.4 is 10.1 Å². The molecular formula is C29H38F2N2O5. The number of nitrogens with zero attached hydrogens (tertiary/aromatic N) is 1. The number of halogens is 2. The van der Waals surface area contributed by atoms with Gasteiger partial charge < -0.3 is 24.8 Å². The summed E-state index contributed by atoms with van der Waals surface area (Å²) >= 11 is 0. The molecule has 2 N–H and O–H groups in total. The number of nitrogens with one attached hydrogen (secondary N) is 1. The molecule has 0 aliphatic heterocycles. The van der Waals surface area contributed by atoms with E-state index in [1.807, 2.05) is 0 Å². The first-order valence-electron chi connectivity index (χ1n) is 13.4. The fourth-order valence-corrected chi connectivity index (χ4v) is 4.77. The van der Waals surface area contributed by atoms with Crippen LogP contribution in [0.3, 0.4) is 0 Å². The normalized spacial score (nSPS) is 14.6. The van der Waals surface area contributed by atoms with Gasteiger partial charge in [0, 0.05) is 25.6 Å². The Bertz CT molecular complexity index is 1030. The summed E-state index contributed by atoms with van der Waals surface area (Å²) in [5.41, 5.74) is 0.736. The van der Waals surface area contributed by atoms with Gasteiger partial charge in [-0.05, 0) is 55.5 Å². The highest BCUT2D eigenvalue weighted by atomic mass is 19.1. The molecule has 1 fully saturated rings. The van der Waals surface area contributed by atoms with Gasteiger partial charge in [-0.25, -0.2) is 18.4 Å². The van der Waals surface area contributed by atoms with Gasteiger partial charge in [0.1, 0.15) is 24.0 Å². The van der Waals surface area contributed by atoms with Crippen molar-refractivity contribution in [1.82, 2.24) is 4.90 Å². The monoisotopic (exact) mass is 532 g/mol. The van der Waals surface area contributed by atoms with Gasteiger partial charge in [0.15, 0.2) is 6.10 Å². The van der Waals surface area contributed by atoms with Crippen LogP contribution in [-0.4, -0.2) is 54.4 Å². The van der Waals surface area contributed by atoms with E-state index in [1.165, 1.54) is 38.2 Å².